The van der Waals surface area contributed by atoms with Crippen LogP contribution in [0.25, 0.3) is 0 Å². The molecule has 0 saturated heterocycles. The Morgan fingerprint density at radius 1 is 0.338 bits per heavy atom. The molecule has 0 rings (SSSR count). The Bertz CT molecular complexity index is 1020. The van der Waals surface area contributed by atoms with Gasteiger partial charge in [-0.2, -0.15) is 0 Å². The van der Waals surface area contributed by atoms with E-state index in [1.165, 1.54) is 308 Å². The summed E-state index contributed by atoms with van der Waals surface area (Å²) >= 11 is 0. The maximum Gasteiger partial charge on any atom is 0.305 e. The van der Waals surface area contributed by atoms with Crippen LogP contribution in [-0.4, -0.2) is 47.4 Å². The lowest BCUT2D eigenvalue weighted by atomic mass is 10.0. The average Bonchev–Trinajstić information content (AvgIpc) is 3.37. The number of rotatable bonds is 62. The second-order valence-corrected chi connectivity index (χ2v) is 22.8. The molecule has 0 saturated carbocycles. The summed E-state index contributed by atoms with van der Waals surface area (Å²) in [7, 11) is 0. The van der Waals surface area contributed by atoms with Gasteiger partial charge in [-0.05, 0) is 25.7 Å². The third-order valence-electron chi connectivity index (χ3n) is 15.7. The van der Waals surface area contributed by atoms with Crippen LogP contribution in [0.5, 0.6) is 0 Å². The Morgan fingerprint density at radius 3 is 0.859 bits per heavy atom. The van der Waals surface area contributed by atoms with Gasteiger partial charge in [-0.1, -0.05) is 341 Å². The summed E-state index contributed by atoms with van der Waals surface area (Å²) in [5.74, 6) is -0.0108. The van der Waals surface area contributed by atoms with E-state index >= 15 is 0 Å². The number of hydrogen-bond acceptors (Lipinski definition) is 5. The molecule has 0 aliphatic heterocycles. The second-order valence-electron chi connectivity index (χ2n) is 22.8. The Morgan fingerprint density at radius 2 is 0.577 bits per heavy atom. The fourth-order valence-corrected chi connectivity index (χ4v) is 10.6. The van der Waals surface area contributed by atoms with Crippen LogP contribution >= 0.6 is 0 Å². The highest BCUT2D eigenvalue weighted by Crippen LogP contribution is 2.19. The number of nitrogens with one attached hydrogen (secondary N) is 1. The van der Waals surface area contributed by atoms with Gasteiger partial charge in [-0.15, -0.1) is 0 Å². The first-order chi connectivity index (χ1) is 35.0. The van der Waals surface area contributed by atoms with E-state index in [0.29, 0.717) is 25.9 Å². The Balaban J connectivity index is 3.32. The van der Waals surface area contributed by atoms with Crippen molar-refractivity contribution in [1.29, 1.82) is 0 Å². The monoisotopic (exact) mass is 1000 g/mol. The molecule has 0 bridgehead atoms. The molecule has 6 nitrogen and oxygen atoms in total. The highest BCUT2D eigenvalue weighted by molar-refractivity contribution is 5.76. The minimum atomic E-state index is -0.661. The molecule has 0 fully saturated rings. The van der Waals surface area contributed by atoms with Gasteiger partial charge in [0.05, 0.1) is 25.4 Å². The molecule has 0 aromatic rings. The van der Waals surface area contributed by atoms with Crippen LogP contribution in [0.4, 0.5) is 0 Å². The maximum atomic E-state index is 12.5. The number of ether oxygens (including phenoxy) is 1. The zero-order valence-electron chi connectivity index (χ0n) is 48.5. The fraction of sp³-hybridized carbons (Fsp3) is 0.969. The summed E-state index contributed by atoms with van der Waals surface area (Å²) in [6.07, 6.45) is 72.7. The molecule has 1 amide bonds. The van der Waals surface area contributed by atoms with Gasteiger partial charge in [0.2, 0.25) is 5.91 Å². The quantitative estimate of drug-likeness (QED) is 0.0417. The van der Waals surface area contributed by atoms with Crippen molar-refractivity contribution in [3.8, 4) is 0 Å². The van der Waals surface area contributed by atoms with Crippen LogP contribution in [0.1, 0.15) is 380 Å². The maximum absolute atomic E-state index is 12.5. The van der Waals surface area contributed by atoms with Crippen LogP contribution < -0.4 is 5.32 Å². The number of carbonyl (C=O) groups is 2. The van der Waals surface area contributed by atoms with Crippen LogP contribution in [0.2, 0.25) is 0 Å². The van der Waals surface area contributed by atoms with Gasteiger partial charge in [0.15, 0.2) is 0 Å². The van der Waals surface area contributed by atoms with E-state index in [4.69, 9.17) is 4.74 Å². The van der Waals surface area contributed by atoms with Crippen LogP contribution in [0.15, 0.2) is 0 Å². The van der Waals surface area contributed by atoms with Gasteiger partial charge >= 0.3 is 5.97 Å². The van der Waals surface area contributed by atoms with E-state index < -0.39 is 12.1 Å². The molecule has 2 unspecified atom stereocenters. The molecule has 0 spiro atoms. The third kappa shape index (κ3) is 58.0. The minimum absolute atomic E-state index is 0.0205. The first kappa shape index (κ1) is 69.9. The lowest BCUT2D eigenvalue weighted by Gasteiger charge is -2.22. The van der Waals surface area contributed by atoms with Crippen molar-refractivity contribution in [2.24, 2.45) is 0 Å². The Hall–Kier alpha value is -1.14. The van der Waals surface area contributed by atoms with E-state index in [1.54, 1.807) is 0 Å². The number of hydrogen-bond donors (Lipinski definition) is 3. The highest BCUT2D eigenvalue weighted by Gasteiger charge is 2.20. The summed E-state index contributed by atoms with van der Waals surface area (Å²) in [6.45, 7) is 4.99. The van der Waals surface area contributed by atoms with Gasteiger partial charge in [0.25, 0.3) is 0 Å². The number of unbranched alkanes of at least 4 members (excludes halogenated alkanes) is 51. The third-order valence-corrected chi connectivity index (χ3v) is 15.7. The zero-order chi connectivity index (χ0) is 51.4. The van der Waals surface area contributed by atoms with Crippen molar-refractivity contribution >= 4 is 11.9 Å². The van der Waals surface area contributed by atoms with E-state index in [-0.39, 0.29) is 18.5 Å². The van der Waals surface area contributed by atoms with Crippen LogP contribution in [0.3, 0.4) is 0 Å². The summed E-state index contributed by atoms with van der Waals surface area (Å²) < 4.78 is 5.50. The standard InChI is InChI=1S/C65H129NO5/c1-3-5-7-9-11-13-15-17-18-27-31-35-39-43-47-51-55-59-65(70)71-60-56-52-48-44-40-36-32-29-26-24-22-20-19-21-23-25-28-30-34-38-42-46-50-54-58-64(69)66-62(61-67)63(68)57-53-49-45-41-37-33-16-14-12-10-8-6-4-2/h62-63,67-68H,3-61H2,1-2H3,(H,66,69). The van der Waals surface area contributed by atoms with Gasteiger partial charge < -0.3 is 20.3 Å². The molecule has 0 heterocycles. The molecule has 0 aromatic heterocycles. The van der Waals surface area contributed by atoms with Crippen LogP contribution in [0, 0.1) is 0 Å². The lowest BCUT2D eigenvalue weighted by molar-refractivity contribution is -0.143. The Labute approximate surface area is 445 Å². The zero-order valence-corrected chi connectivity index (χ0v) is 48.5. The molecule has 3 N–H and O–H groups in total. The normalized spacial score (nSPS) is 12.5. The van der Waals surface area contributed by atoms with Crippen molar-refractivity contribution in [3.63, 3.8) is 0 Å². The Kier molecular flexibility index (Phi) is 60.4. The van der Waals surface area contributed by atoms with Crippen molar-refractivity contribution < 1.29 is 24.5 Å². The van der Waals surface area contributed by atoms with Gasteiger partial charge in [0, 0.05) is 12.8 Å². The number of amides is 1. The predicted molar refractivity (Wildman–Crippen MR) is 310 cm³/mol. The summed E-state index contributed by atoms with van der Waals surface area (Å²) in [5, 5.41) is 23.3. The molecule has 0 radical (unpaired) electrons. The van der Waals surface area contributed by atoms with E-state index in [2.05, 4.69) is 19.2 Å². The molecule has 2 atom stereocenters. The topological polar surface area (TPSA) is 95.9 Å². The first-order valence-corrected chi connectivity index (χ1v) is 32.8. The highest BCUT2D eigenvalue weighted by atomic mass is 16.5. The minimum Gasteiger partial charge on any atom is -0.466 e. The smallest absolute Gasteiger partial charge is 0.305 e. The largest absolute Gasteiger partial charge is 0.466 e. The second kappa shape index (κ2) is 61.4. The summed E-state index contributed by atoms with van der Waals surface area (Å²) in [5.41, 5.74) is 0. The van der Waals surface area contributed by atoms with Crippen molar-refractivity contribution in [2.75, 3.05) is 13.2 Å². The molecule has 71 heavy (non-hydrogen) atoms. The predicted octanol–water partition coefficient (Wildman–Crippen LogP) is 20.6. The number of esters is 1. The number of aliphatic hydroxyl groups is 2. The molecule has 0 aromatic carbocycles. The van der Waals surface area contributed by atoms with Gasteiger partial charge in [-0.3, -0.25) is 9.59 Å². The molecular formula is C65H129NO5. The molecule has 6 heteroatoms. The average molecular weight is 1000 g/mol. The van der Waals surface area contributed by atoms with Crippen molar-refractivity contribution in [2.45, 2.75) is 392 Å². The molecular weight excluding hydrogens is 875 g/mol. The van der Waals surface area contributed by atoms with Crippen molar-refractivity contribution in [1.82, 2.24) is 5.32 Å². The van der Waals surface area contributed by atoms with E-state index in [0.717, 1.165) is 38.5 Å². The first-order valence-electron chi connectivity index (χ1n) is 32.8. The molecule has 0 aliphatic carbocycles. The SMILES string of the molecule is CCCCCCCCCCCCCCCCCCCC(=O)OCCCCCCCCCCCCCCCCCCCCCCCCCCC(=O)NC(CO)C(O)CCCCCCCCCCCCCCC. The fourth-order valence-electron chi connectivity index (χ4n) is 10.6. The summed E-state index contributed by atoms with van der Waals surface area (Å²) in [4.78, 5) is 24.6. The van der Waals surface area contributed by atoms with E-state index in [1.807, 2.05) is 0 Å². The van der Waals surface area contributed by atoms with Gasteiger partial charge in [-0.25, -0.2) is 0 Å². The van der Waals surface area contributed by atoms with Gasteiger partial charge in [0.1, 0.15) is 0 Å². The molecule has 0 aliphatic rings. The van der Waals surface area contributed by atoms with E-state index in [9.17, 15) is 19.8 Å². The molecule has 424 valence electrons. The summed E-state index contributed by atoms with van der Waals surface area (Å²) in [6, 6.07) is -0.538. The van der Waals surface area contributed by atoms with Crippen LogP contribution in [-0.2, 0) is 14.3 Å². The number of carbonyl (C=O) groups excluding carboxylic acids is 2. The lowest BCUT2D eigenvalue weighted by Crippen LogP contribution is -2.45. The number of aliphatic hydroxyl groups excluding tert-OH is 2. The van der Waals surface area contributed by atoms with Crippen molar-refractivity contribution in [3.05, 3.63) is 0 Å².